The minimum absolute atomic E-state index is 0.217. The molecule has 1 aromatic rings. The lowest BCUT2D eigenvalue weighted by Crippen LogP contribution is -2.33. The van der Waals surface area contributed by atoms with Crippen LogP contribution in [0.3, 0.4) is 0 Å². The van der Waals surface area contributed by atoms with Crippen molar-refractivity contribution in [2.45, 2.75) is 39.8 Å². The molecule has 0 saturated heterocycles. The molecule has 1 rings (SSSR count). The molecule has 6 heteroatoms. The van der Waals surface area contributed by atoms with Crippen molar-refractivity contribution in [3.8, 4) is 0 Å². The van der Waals surface area contributed by atoms with Crippen molar-refractivity contribution in [3.63, 3.8) is 0 Å². The zero-order valence-corrected chi connectivity index (χ0v) is 12.3. The Morgan fingerprint density at radius 1 is 1.56 bits per heavy atom. The monoisotopic (exact) mass is 271 g/mol. The molecule has 0 radical (unpaired) electrons. The number of nitrogens with zero attached hydrogens (tertiary/aromatic N) is 3. The number of nitrogens with one attached hydrogen (secondary N) is 1. The quantitative estimate of drug-likeness (QED) is 0.613. The van der Waals surface area contributed by atoms with Crippen LogP contribution >= 0.6 is 11.6 Å². The van der Waals surface area contributed by atoms with Crippen LogP contribution in [0.5, 0.6) is 0 Å². The summed E-state index contributed by atoms with van der Waals surface area (Å²) in [5.41, 5.74) is 7.42. The van der Waals surface area contributed by atoms with Gasteiger partial charge >= 0.3 is 0 Å². The summed E-state index contributed by atoms with van der Waals surface area (Å²) >= 11 is 6.23. The van der Waals surface area contributed by atoms with Crippen LogP contribution in [0.1, 0.15) is 31.5 Å². The number of nitrogens with two attached hydrogens (primary N) is 1. The number of halogens is 1. The van der Waals surface area contributed by atoms with Crippen molar-refractivity contribution in [1.29, 1.82) is 5.41 Å². The second kappa shape index (κ2) is 6.20. The predicted octanol–water partition coefficient (Wildman–Crippen LogP) is 1.92. The molecule has 0 aliphatic rings. The molecule has 0 aromatic carbocycles. The summed E-state index contributed by atoms with van der Waals surface area (Å²) in [6.45, 7) is 7.71. The average molecular weight is 272 g/mol. The van der Waals surface area contributed by atoms with Gasteiger partial charge in [0.25, 0.3) is 0 Å². The molecule has 0 unspecified atom stereocenters. The highest BCUT2D eigenvalue weighted by Crippen LogP contribution is 2.21. The zero-order valence-electron chi connectivity index (χ0n) is 11.5. The summed E-state index contributed by atoms with van der Waals surface area (Å²) in [5, 5.41) is 12.3. The minimum Gasteiger partial charge on any atom is -0.388 e. The topological polar surface area (TPSA) is 70.9 Å². The van der Waals surface area contributed by atoms with Crippen LogP contribution < -0.4 is 5.73 Å². The standard InChI is InChI=1S/C12H22ClN5/c1-8(2)18(6-5-11(14)15)7-10-9(3)16-17(4)12(10)13/h8H,5-7H2,1-4H3,(H3,14,15). The molecule has 102 valence electrons. The number of aryl methyl sites for hydroxylation is 2. The summed E-state index contributed by atoms with van der Waals surface area (Å²) in [6.07, 6.45) is 0.578. The molecule has 0 fully saturated rings. The van der Waals surface area contributed by atoms with Gasteiger partial charge in [0.15, 0.2) is 0 Å². The first-order valence-electron chi connectivity index (χ1n) is 6.07. The van der Waals surface area contributed by atoms with E-state index in [1.165, 1.54) is 0 Å². The lowest BCUT2D eigenvalue weighted by atomic mass is 10.2. The maximum atomic E-state index is 7.31. The van der Waals surface area contributed by atoms with Crippen LogP contribution in [-0.4, -0.2) is 33.1 Å². The van der Waals surface area contributed by atoms with Gasteiger partial charge in [-0.15, -0.1) is 0 Å². The zero-order chi connectivity index (χ0) is 13.9. The van der Waals surface area contributed by atoms with Gasteiger partial charge < -0.3 is 5.73 Å². The van der Waals surface area contributed by atoms with Crippen molar-refractivity contribution >= 4 is 17.4 Å². The Labute approximate surface area is 113 Å². The van der Waals surface area contributed by atoms with Crippen LogP contribution in [-0.2, 0) is 13.6 Å². The Balaban J connectivity index is 2.80. The largest absolute Gasteiger partial charge is 0.388 e. The first-order valence-corrected chi connectivity index (χ1v) is 6.45. The number of amidine groups is 1. The number of hydrogen-bond donors (Lipinski definition) is 2. The molecule has 0 aliphatic carbocycles. The summed E-state index contributed by atoms with van der Waals surface area (Å²) in [6, 6.07) is 0.375. The van der Waals surface area contributed by atoms with E-state index in [1.54, 1.807) is 4.68 Å². The second-order valence-corrected chi connectivity index (χ2v) is 5.18. The van der Waals surface area contributed by atoms with Crippen LogP contribution in [0.2, 0.25) is 5.15 Å². The van der Waals surface area contributed by atoms with Gasteiger partial charge in [-0.1, -0.05) is 11.6 Å². The molecule has 5 nitrogen and oxygen atoms in total. The van der Waals surface area contributed by atoms with Crippen LogP contribution in [0.25, 0.3) is 0 Å². The van der Waals surface area contributed by atoms with Gasteiger partial charge in [-0.05, 0) is 20.8 Å². The highest BCUT2D eigenvalue weighted by Gasteiger charge is 2.17. The molecule has 0 aliphatic heterocycles. The van der Waals surface area contributed by atoms with E-state index in [-0.39, 0.29) is 5.84 Å². The third-order valence-corrected chi connectivity index (χ3v) is 3.50. The van der Waals surface area contributed by atoms with E-state index >= 15 is 0 Å². The van der Waals surface area contributed by atoms with Gasteiger partial charge in [0.05, 0.1) is 11.5 Å². The van der Waals surface area contributed by atoms with E-state index in [4.69, 9.17) is 22.7 Å². The highest BCUT2D eigenvalue weighted by atomic mass is 35.5. The minimum atomic E-state index is 0.217. The van der Waals surface area contributed by atoms with E-state index in [0.717, 1.165) is 24.3 Å². The molecule has 1 aromatic heterocycles. The van der Waals surface area contributed by atoms with Crippen molar-refractivity contribution < 1.29 is 0 Å². The lowest BCUT2D eigenvalue weighted by Gasteiger charge is -2.26. The first kappa shape index (κ1) is 15.0. The Hall–Kier alpha value is -1.07. The molecule has 18 heavy (non-hydrogen) atoms. The predicted molar refractivity (Wildman–Crippen MR) is 75.0 cm³/mol. The number of aromatic nitrogens is 2. The molecule has 0 amide bonds. The van der Waals surface area contributed by atoms with E-state index in [0.29, 0.717) is 17.6 Å². The van der Waals surface area contributed by atoms with Crippen molar-refractivity contribution in [2.75, 3.05) is 6.54 Å². The molecular weight excluding hydrogens is 250 g/mol. The van der Waals surface area contributed by atoms with Gasteiger partial charge in [-0.3, -0.25) is 15.0 Å². The molecule has 0 atom stereocenters. The van der Waals surface area contributed by atoms with Crippen LogP contribution in [0.15, 0.2) is 0 Å². The van der Waals surface area contributed by atoms with Gasteiger partial charge in [-0.25, -0.2) is 0 Å². The molecule has 3 N–H and O–H groups in total. The van der Waals surface area contributed by atoms with E-state index in [9.17, 15) is 0 Å². The Morgan fingerprint density at radius 3 is 2.56 bits per heavy atom. The van der Waals surface area contributed by atoms with Crippen LogP contribution in [0, 0.1) is 12.3 Å². The fourth-order valence-corrected chi connectivity index (χ4v) is 2.07. The van der Waals surface area contributed by atoms with Gasteiger partial charge in [0.1, 0.15) is 5.15 Å². The number of hydrogen-bond acceptors (Lipinski definition) is 3. The lowest BCUT2D eigenvalue weighted by molar-refractivity contribution is 0.218. The molecule has 1 heterocycles. The first-order chi connectivity index (χ1) is 8.32. The molecule has 0 bridgehead atoms. The highest BCUT2D eigenvalue weighted by molar-refractivity contribution is 6.30. The summed E-state index contributed by atoms with van der Waals surface area (Å²) in [4.78, 5) is 2.25. The summed E-state index contributed by atoms with van der Waals surface area (Å²) < 4.78 is 1.69. The van der Waals surface area contributed by atoms with Crippen molar-refractivity contribution in [3.05, 3.63) is 16.4 Å². The van der Waals surface area contributed by atoms with Gasteiger partial charge in [-0.2, -0.15) is 5.10 Å². The van der Waals surface area contributed by atoms with Gasteiger partial charge in [0.2, 0.25) is 0 Å². The number of rotatable bonds is 6. The Morgan fingerprint density at radius 2 is 2.17 bits per heavy atom. The van der Waals surface area contributed by atoms with E-state index in [1.807, 2.05) is 14.0 Å². The van der Waals surface area contributed by atoms with Crippen LogP contribution in [0.4, 0.5) is 0 Å². The molecule has 0 saturated carbocycles. The second-order valence-electron chi connectivity index (χ2n) is 4.82. The summed E-state index contributed by atoms with van der Waals surface area (Å²) in [7, 11) is 1.84. The maximum Gasteiger partial charge on any atom is 0.131 e. The maximum absolute atomic E-state index is 7.31. The Kier molecular flexibility index (Phi) is 5.16. The van der Waals surface area contributed by atoms with Gasteiger partial charge in [0, 0.05) is 38.2 Å². The Bertz CT molecular complexity index is 424. The third kappa shape index (κ3) is 3.71. The third-order valence-electron chi connectivity index (χ3n) is 3.03. The molecule has 0 spiro atoms. The van der Waals surface area contributed by atoms with Crippen molar-refractivity contribution in [1.82, 2.24) is 14.7 Å². The normalized spacial score (nSPS) is 11.5. The SMILES string of the molecule is Cc1nn(C)c(Cl)c1CN(CCC(=N)N)C(C)C. The van der Waals surface area contributed by atoms with E-state index in [2.05, 4.69) is 23.8 Å². The molecular formula is C12H22ClN5. The summed E-state index contributed by atoms with van der Waals surface area (Å²) in [5.74, 6) is 0.217. The van der Waals surface area contributed by atoms with Crippen molar-refractivity contribution in [2.24, 2.45) is 12.8 Å². The van der Waals surface area contributed by atoms with E-state index < -0.39 is 0 Å². The smallest absolute Gasteiger partial charge is 0.131 e. The fourth-order valence-electron chi connectivity index (χ4n) is 1.84. The fraction of sp³-hybridized carbons (Fsp3) is 0.667. The average Bonchev–Trinajstić information content (AvgIpc) is 2.49.